The summed E-state index contributed by atoms with van der Waals surface area (Å²) >= 11 is 0. The van der Waals surface area contributed by atoms with Gasteiger partial charge >= 0.3 is 0 Å². The zero-order valence-corrected chi connectivity index (χ0v) is 7.20. The molecule has 13 heavy (non-hydrogen) atoms. The van der Waals surface area contributed by atoms with Crippen molar-refractivity contribution in [2.24, 2.45) is 0 Å². The second kappa shape index (κ2) is 3.34. The monoisotopic (exact) mass is 181 g/mol. The number of hydrogen-bond acceptors (Lipinski definition) is 2. The summed E-state index contributed by atoms with van der Waals surface area (Å²) in [6.45, 7) is 0.417. The first kappa shape index (κ1) is 8.51. The van der Waals surface area contributed by atoms with Crippen LogP contribution in [0.2, 0.25) is 0 Å². The third-order valence-electron chi connectivity index (χ3n) is 2.35. The molecular formula is C10H12FNO. The van der Waals surface area contributed by atoms with Gasteiger partial charge in [0.05, 0.1) is 0 Å². The molecule has 1 fully saturated rings. The first-order valence-corrected chi connectivity index (χ1v) is 4.42. The van der Waals surface area contributed by atoms with Gasteiger partial charge in [-0.3, -0.25) is 0 Å². The van der Waals surface area contributed by atoms with Crippen molar-refractivity contribution in [3.05, 3.63) is 29.8 Å². The molecule has 0 radical (unpaired) electrons. The zero-order chi connectivity index (χ0) is 9.26. The number of phenolic OH excluding ortho intramolecular Hbond substituents is 1. The Labute approximate surface area is 76.4 Å². The molecule has 1 heterocycles. The molecule has 2 N–H and O–H groups in total. The number of alkyl halides is 1. The Balaban J connectivity index is 2.16. The molecule has 0 aliphatic carbocycles. The van der Waals surface area contributed by atoms with Crippen molar-refractivity contribution in [1.29, 1.82) is 0 Å². The van der Waals surface area contributed by atoms with Crippen molar-refractivity contribution in [3.63, 3.8) is 0 Å². The van der Waals surface area contributed by atoms with E-state index in [0.717, 1.165) is 5.56 Å². The van der Waals surface area contributed by atoms with E-state index in [1.807, 2.05) is 6.07 Å². The van der Waals surface area contributed by atoms with Crippen LogP contribution in [0, 0.1) is 0 Å². The second-order valence-electron chi connectivity index (χ2n) is 3.39. The van der Waals surface area contributed by atoms with E-state index in [1.54, 1.807) is 18.2 Å². The van der Waals surface area contributed by atoms with E-state index in [0.29, 0.717) is 13.0 Å². The summed E-state index contributed by atoms with van der Waals surface area (Å²) in [4.78, 5) is 0. The lowest BCUT2D eigenvalue weighted by Gasteiger charge is -2.09. The predicted molar refractivity (Wildman–Crippen MR) is 48.4 cm³/mol. The van der Waals surface area contributed by atoms with Crippen molar-refractivity contribution in [2.75, 3.05) is 6.54 Å². The van der Waals surface area contributed by atoms with Gasteiger partial charge in [0.25, 0.3) is 0 Å². The van der Waals surface area contributed by atoms with Gasteiger partial charge < -0.3 is 10.4 Å². The number of phenols is 1. The Morgan fingerprint density at radius 3 is 2.92 bits per heavy atom. The SMILES string of the molecule is Oc1cccc(C2CC(F)CN2)c1. The van der Waals surface area contributed by atoms with Gasteiger partial charge in [-0.1, -0.05) is 12.1 Å². The molecule has 0 bridgehead atoms. The fourth-order valence-corrected chi connectivity index (χ4v) is 1.69. The van der Waals surface area contributed by atoms with Crippen LogP contribution < -0.4 is 5.32 Å². The van der Waals surface area contributed by atoms with Gasteiger partial charge in [0, 0.05) is 12.6 Å². The number of rotatable bonds is 1. The highest BCUT2D eigenvalue weighted by atomic mass is 19.1. The van der Waals surface area contributed by atoms with Crippen LogP contribution in [0.25, 0.3) is 0 Å². The van der Waals surface area contributed by atoms with Crippen molar-refractivity contribution < 1.29 is 9.50 Å². The minimum absolute atomic E-state index is 0.0575. The maximum atomic E-state index is 12.8. The van der Waals surface area contributed by atoms with E-state index >= 15 is 0 Å². The summed E-state index contributed by atoms with van der Waals surface area (Å²) in [6.07, 6.45) is -0.254. The fraction of sp³-hybridized carbons (Fsp3) is 0.400. The van der Waals surface area contributed by atoms with Crippen LogP contribution in [-0.2, 0) is 0 Å². The molecule has 0 saturated carbocycles. The van der Waals surface area contributed by atoms with Crippen molar-refractivity contribution in [2.45, 2.75) is 18.6 Å². The van der Waals surface area contributed by atoms with Crippen LogP contribution in [0.4, 0.5) is 4.39 Å². The maximum absolute atomic E-state index is 12.8. The molecule has 0 aromatic heterocycles. The molecule has 2 nitrogen and oxygen atoms in total. The summed E-state index contributed by atoms with van der Waals surface area (Å²) in [5, 5.41) is 12.3. The molecule has 1 aromatic rings. The normalized spacial score (nSPS) is 27.8. The number of halogens is 1. The summed E-state index contributed by atoms with van der Waals surface area (Å²) in [7, 11) is 0. The highest BCUT2D eigenvalue weighted by Gasteiger charge is 2.24. The molecule has 1 aliphatic rings. The molecule has 0 amide bonds. The predicted octanol–water partition coefficient (Wildman–Crippen LogP) is 1.76. The highest BCUT2D eigenvalue weighted by molar-refractivity contribution is 5.30. The zero-order valence-electron chi connectivity index (χ0n) is 7.20. The van der Waals surface area contributed by atoms with Gasteiger partial charge in [-0.2, -0.15) is 0 Å². The van der Waals surface area contributed by atoms with Crippen LogP contribution in [-0.4, -0.2) is 17.8 Å². The molecule has 1 aliphatic heterocycles. The van der Waals surface area contributed by atoms with Crippen LogP contribution in [0.5, 0.6) is 5.75 Å². The lowest BCUT2D eigenvalue weighted by atomic mass is 10.1. The van der Waals surface area contributed by atoms with E-state index in [4.69, 9.17) is 0 Å². The summed E-state index contributed by atoms with van der Waals surface area (Å²) in [5.41, 5.74) is 0.958. The first-order chi connectivity index (χ1) is 6.25. The van der Waals surface area contributed by atoms with Crippen LogP contribution in [0.3, 0.4) is 0 Å². The van der Waals surface area contributed by atoms with E-state index in [-0.39, 0.29) is 11.8 Å². The Hall–Kier alpha value is -1.09. The van der Waals surface area contributed by atoms with Crippen molar-refractivity contribution in [3.8, 4) is 5.75 Å². The standard InChI is InChI=1S/C10H12FNO/c11-8-5-10(12-6-8)7-2-1-3-9(13)4-7/h1-4,8,10,12-13H,5-6H2. The lowest BCUT2D eigenvalue weighted by Crippen LogP contribution is -2.13. The summed E-state index contributed by atoms with van der Waals surface area (Å²) in [6, 6.07) is 7.02. The van der Waals surface area contributed by atoms with Crippen LogP contribution in [0.15, 0.2) is 24.3 Å². The number of aromatic hydroxyl groups is 1. The Kier molecular flexibility index (Phi) is 2.19. The molecule has 2 atom stereocenters. The minimum atomic E-state index is -0.757. The van der Waals surface area contributed by atoms with Gasteiger partial charge in [0.2, 0.25) is 0 Å². The van der Waals surface area contributed by atoms with E-state index in [2.05, 4.69) is 5.32 Å². The smallest absolute Gasteiger partial charge is 0.115 e. The van der Waals surface area contributed by atoms with E-state index in [1.165, 1.54) is 0 Å². The van der Waals surface area contributed by atoms with Gasteiger partial charge in [-0.25, -0.2) is 4.39 Å². The third-order valence-corrected chi connectivity index (χ3v) is 2.35. The molecule has 0 spiro atoms. The van der Waals surface area contributed by atoms with Crippen LogP contribution in [0.1, 0.15) is 18.0 Å². The molecule has 1 saturated heterocycles. The van der Waals surface area contributed by atoms with Crippen molar-refractivity contribution >= 4 is 0 Å². The average molecular weight is 181 g/mol. The largest absolute Gasteiger partial charge is 0.508 e. The molecular weight excluding hydrogens is 169 g/mol. The quantitative estimate of drug-likeness (QED) is 0.692. The van der Waals surface area contributed by atoms with Gasteiger partial charge in [0.15, 0.2) is 0 Å². The van der Waals surface area contributed by atoms with Crippen LogP contribution >= 0.6 is 0 Å². The second-order valence-corrected chi connectivity index (χ2v) is 3.39. The average Bonchev–Trinajstić information content (AvgIpc) is 2.52. The molecule has 70 valence electrons. The summed E-state index contributed by atoms with van der Waals surface area (Å²) < 4.78 is 12.8. The molecule has 2 unspecified atom stereocenters. The Morgan fingerprint density at radius 2 is 2.31 bits per heavy atom. The van der Waals surface area contributed by atoms with Crippen molar-refractivity contribution in [1.82, 2.24) is 5.32 Å². The number of nitrogens with one attached hydrogen (secondary N) is 1. The Bertz CT molecular complexity index is 303. The fourth-order valence-electron chi connectivity index (χ4n) is 1.69. The number of hydrogen-bond donors (Lipinski definition) is 2. The van der Waals surface area contributed by atoms with Gasteiger partial charge in [-0.15, -0.1) is 0 Å². The topological polar surface area (TPSA) is 32.3 Å². The Morgan fingerprint density at radius 1 is 1.46 bits per heavy atom. The lowest BCUT2D eigenvalue weighted by molar-refractivity contribution is 0.356. The number of benzene rings is 1. The van der Waals surface area contributed by atoms with E-state index in [9.17, 15) is 9.50 Å². The highest BCUT2D eigenvalue weighted by Crippen LogP contribution is 2.26. The molecule has 1 aromatic carbocycles. The third kappa shape index (κ3) is 1.80. The molecule has 2 rings (SSSR count). The summed E-state index contributed by atoms with van der Waals surface area (Å²) in [5.74, 6) is 0.238. The van der Waals surface area contributed by atoms with E-state index < -0.39 is 6.17 Å². The van der Waals surface area contributed by atoms with Gasteiger partial charge in [-0.05, 0) is 24.1 Å². The first-order valence-electron chi connectivity index (χ1n) is 4.42. The maximum Gasteiger partial charge on any atom is 0.115 e. The molecule has 3 heteroatoms. The van der Waals surface area contributed by atoms with Gasteiger partial charge in [0.1, 0.15) is 11.9 Å². The minimum Gasteiger partial charge on any atom is -0.508 e.